The van der Waals surface area contributed by atoms with Crippen molar-refractivity contribution < 1.29 is 14.6 Å². The van der Waals surface area contributed by atoms with Crippen molar-refractivity contribution >= 4 is 12.0 Å². The molecule has 1 aromatic carbocycles. The van der Waals surface area contributed by atoms with Crippen molar-refractivity contribution in [3.8, 4) is 5.75 Å². The van der Waals surface area contributed by atoms with Crippen molar-refractivity contribution in [3.63, 3.8) is 0 Å². The Hall–Kier alpha value is -1.81. The number of carboxylic acids is 1. The first-order chi connectivity index (χ1) is 9.97. The lowest BCUT2D eigenvalue weighted by Crippen LogP contribution is -2.48. The number of ether oxygens (including phenoxy) is 1. The summed E-state index contributed by atoms with van der Waals surface area (Å²) in [5.41, 5.74) is 3.35. The molecule has 2 aliphatic heterocycles. The van der Waals surface area contributed by atoms with Crippen LogP contribution in [0.2, 0.25) is 0 Å². The number of hydrogen-bond acceptors (Lipinski definition) is 3. The van der Waals surface area contributed by atoms with Gasteiger partial charge in [0.25, 0.3) is 0 Å². The second-order valence-corrected chi connectivity index (χ2v) is 6.16. The maximum Gasteiger partial charge on any atom is 0.317 e. The summed E-state index contributed by atoms with van der Waals surface area (Å²) in [6.07, 6.45) is 6.00. The van der Waals surface area contributed by atoms with Gasteiger partial charge in [0, 0.05) is 31.5 Å². The van der Waals surface area contributed by atoms with Gasteiger partial charge in [0.2, 0.25) is 0 Å². The summed E-state index contributed by atoms with van der Waals surface area (Å²) in [6.45, 7) is 5.83. The van der Waals surface area contributed by atoms with Crippen LogP contribution in [0.15, 0.2) is 18.2 Å². The minimum absolute atomic E-state index is 0.120. The lowest BCUT2D eigenvalue weighted by molar-refractivity contribution is -0.139. The van der Waals surface area contributed by atoms with Crippen molar-refractivity contribution in [2.45, 2.75) is 32.3 Å². The van der Waals surface area contributed by atoms with Gasteiger partial charge in [-0.05, 0) is 37.1 Å². The first-order valence-electron chi connectivity index (χ1n) is 7.41. The number of aliphatic carboxylic acids is 1. The van der Waals surface area contributed by atoms with Gasteiger partial charge in [-0.1, -0.05) is 12.1 Å². The van der Waals surface area contributed by atoms with E-state index < -0.39 is 5.97 Å². The Morgan fingerprint density at radius 2 is 2.05 bits per heavy atom. The first kappa shape index (κ1) is 14.1. The number of rotatable bonds is 2. The van der Waals surface area contributed by atoms with Crippen LogP contribution in [0.25, 0.3) is 6.08 Å². The van der Waals surface area contributed by atoms with Gasteiger partial charge in [-0.3, -0.25) is 9.69 Å². The van der Waals surface area contributed by atoms with E-state index in [1.165, 1.54) is 16.7 Å². The molecule has 1 spiro atoms. The van der Waals surface area contributed by atoms with E-state index in [4.69, 9.17) is 9.84 Å². The molecule has 0 atom stereocenters. The Balaban J connectivity index is 1.77. The third kappa shape index (κ3) is 2.81. The molecule has 0 saturated carbocycles. The third-order valence-electron chi connectivity index (χ3n) is 4.42. The summed E-state index contributed by atoms with van der Waals surface area (Å²) in [6, 6.07) is 4.26. The highest BCUT2D eigenvalue weighted by atomic mass is 16.5. The van der Waals surface area contributed by atoms with Gasteiger partial charge in [-0.2, -0.15) is 0 Å². The van der Waals surface area contributed by atoms with Gasteiger partial charge in [0.05, 0.1) is 6.54 Å². The largest absolute Gasteiger partial charge is 0.482 e. The topological polar surface area (TPSA) is 49.8 Å². The number of likely N-dealkylation sites (tertiary alicyclic amines) is 1. The quantitative estimate of drug-likeness (QED) is 0.908. The van der Waals surface area contributed by atoms with Crippen LogP contribution in [0, 0.1) is 13.8 Å². The van der Waals surface area contributed by atoms with Gasteiger partial charge >= 0.3 is 5.97 Å². The molecule has 0 unspecified atom stereocenters. The molecule has 1 fully saturated rings. The van der Waals surface area contributed by atoms with Crippen LogP contribution in [0.1, 0.15) is 29.5 Å². The molecule has 0 amide bonds. The lowest BCUT2D eigenvalue weighted by Gasteiger charge is -2.41. The smallest absolute Gasteiger partial charge is 0.317 e. The second-order valence-electron chi connectivity index (χ2n) is 6.16. The average Bonchev–Trinajstić information content (AvgIpc) is 2.40. The Bertz CT molecular complexity index is 598. The van der Waals surface area contributed by atoms with Gasteiger partial charge in [0.1, 0.15) is 11.4 Å². The number of aryl methyl sites for hydroxylation is 2. The summed E-state index contributed by atoms with van der Waals surface area (Å²) < 4.78 is 6.31. The van der Waals surface area contributed by atoms with Crippen LogP contribution in [0.5, 0.6) is 5.75 Å². The molecular formula is C17H21NO3. The van der Waals surface area contributed by atoms with Crippen molar-refractivity contribution in [1.29, 1.82) is 0 Å². The molecule has 0 aromatic heterocycles. The first-order valence-corrected chi connectivity index (χ1v) is 7.41. The molecule has 3 rings (SSSR count). The number of fused-ring (bicyclic) bond motifs is 1. The molecule has 1 aromatic rings. The zero-order valence-corrected chi connectivity index (χ0v) is 12.6. The number of carbonyl (C=O) groups is 1. The summed E-state index contributed by atoms with van der Waals surface area (Å²) in [4.78, 5) is 12.8. The predicted molar refractivity (Wildman–Crippen MR) is 81.6 cm³/mol. The second kappa shape index (κ2) is 5.19. The molecule has 0 radical (unpaired) electrons. The molecule has 2 heterocycles. The van der Waals surface area contributed by atoms with Crippen molar-refractivity contribution in [3.05, 3.63) is 34.9 Å². The number of hydrogen-bond donors (Lipinski definition) is 1. The highest BCUT2D eigenvalue weighted by Crippen LogP contribution is 2.38. The fourth-order valence-corrected chi connectivity index (χ4v) is 3.28. The number of carboxylic acid groups (broad SMARTS) is 1. The molecule has 21 heavy (non-hydrogen) atoms. The van der Waals surface area contributed by atoms with E-state index in [0.29, 0.717) is 0 Å². The molecule has 1 saturated heterocycles. The molecule has 4 nitrogen and oxygen atoms in total. The van der Waals surface area contributed by atoms with Gasteiger partial charge in [-0.15, -0.1) is 0 Å². The van der Waals surface area contributed by atoms with Gasteiger partial charge < -0.3 is 9.84 Å². The predicted octanol–water partition coefficient (Wildman–Crippen LogP) is 2.63. The molecular weight excluding hydrogens is 266 g/mol. The number of nitrogens with zero attached hydrogens (tertiary/aromatic N) is 1. The maximum absolute atomic E-state index is 10.8. The van der Waals surface area contributed by atoms with Gasteiger partial charge in [-0.25, -0.2) is 0 Å². The molecule has 2 aliphatic rings. The molecule has 0 bridgehead atoms. The molecule has 112 valence electrons. The van der Waals surface area contributed by atoms with E-state index in [-0.39, 0.29) is 12.1 Å². The monoisotopic (exact) mass is 287 g/mol. The third-order valence-corrected chi connectivity index (χ3v) is 4.42. The highest BCUT2D eigenvalue weighted by Gasteiger charge is 2.37. The molecule has 1 N–H and O–H groups in total. The van der Waals surface area contributed by atoms with Crippen LogP contribution < -0.4 is 4.74 Å². The molecule has 4 heteroatoms. The van der Waals surface area contributed by atoms with Crippen LogP contribution in [-0.4, -0.2) is 41.2 Å². The fourth-order valence-electron chi connectivity index (χ4n) is 3.28. The van der Waals surface area contributed by atoms with E-state index in [1.807, 2.05) is 4.90 Å². The summed E-state index contributed by atoms with van der Waals surface area (Å²) in [5.74, 6) is 0.198. The normalized spacial score (nSPS) is 20.1. The number of benzene rings is 1. The van der Waals surface area contributed by atoms with E-state index >= 15 is 0 Å². The zero-order chi connectivity index (χ0) is 15.0. The van der Waals surface area contributed by atoms with Crippen LogP contribution >= 0.6 is 0 Å². The summed E-state index contributed by atoms with van der Waals surface area (Å²) in [5, 5.41) is 8.87. The van der Waals surface area contributed by atoms with Crippen LogP contribution in [0.3, 0.4) is 0 Å². The van der Waals surface area contributed by atoms with Crippen molar-refractivity contribution in [2.24, 2.45) is 0 Å². The Morgan fingerprint density at radius 3 is 2.71 bits per heavy atom. The summed E-state index contributed by atoms with van der Waals surface area (Å²) in [7, 11) is 0. The van der Waals surface area contributed by atoms with Gasteiger partial charge in [0.15, 0.2) is 0 Å². The zero-order valence-electron chi connectivity index (χ0n) is 12.6. The van der Waals surface area contributed by atoms with Crippen molar-refractivity contribution in [2.75, 3.05) is 19.6 Å². The lowest BCUT2D eigenvalue weighted by atomic mass is 9.87. The Morgan fingerprint density at radius 1 is 1.33 bits per heavy atom. The summed E-state index contributed by atoms with van der Waals surface area (Å²) >= 11 is 0. The Kier molecular flexibility index (Phi) is 3.49. The minimum atomic E-state index is -0.761. The average molecular weight is 287 g/mol. The van der Waals surface area contributed by atoms with E-state index in [0.717, 1.165) is 31.7 Å². The fraction of sp³-hybridized carbons (Fsp3) is 0.471. The minimum Gasteiger partial charge on any atom is -0.482 e. The number of piperidine rings is 1. The molecule has 0 aliphatic carbocycles. The maximum atomic E-state index is 10.8. The SMILES string of the molecule is Cc1cc(C)c2c(c1)OC1(C=C2)CCN(CC(=O)O)CC1. The van der Waals surface area contributed by atoms with Crippen LogP contribution in [-0.2, 0) is 4.79 Å². The van der Waals surface area contributed by atoms with Crippen molar-refractivity contribution in [1.82, 2.24) is 4.90 Å². The van der Waals surface area contributed by atoms with E-state index in [2.05, 4.69) is 38.1 Å². The van der Waals surface area contributed by atoms with E-state index in [9.17, 15) is 4.79 Å². The standard InChI is InChI=1S/C17H21NO3/c1-12-9-13(2)14-3-4-17(21-15(14)10-12)5-7-18(8-6-17)11-16(19)20/h3-4,9-10H,5-8,11H2,1-2H3,(H,19,20). The highest BCUT2D eigenvalue weighted by molar-refractivity contribution is 5.69. The van der Waals surface area contributed by atoms with Crippen LogP contribution in [0.4, 0.5) is 0 Å². The van der Waals surface area contributed by atoms with E-state index in [1.54, 1.807) is 0 Å². The Labute approximate surface area is 125 Å².